The van der Waals surface area contributed by atoms with Gasteiger partial charge in [0.1, 0.15) is 0 Å². The van der Waals surface area contributed by atoms with Crippen LogP contribution in [0.1, 0.15) is 31.7 Å². The van der Waals surface area contributed by atoms with Crippen LogP contribution in [0.3, 0.4) is 0 Å². The molecule has 132 valence electrons. The minimum atomic E-state index is 0.276. The summed E-state index contributed by atoms with van der Waals surface area (Å²) >= 11 is 0. The second kappa shape index (κ2) is 7.88. The van der Waals surface area contributed by atoms with E-state index in [0.29, 0.717) is 6.42 Å². The molecule has 1 aromatic carbocycles. The Balaban J connectivity index is 1.54. The zero-order valence-electron chi connectivity index (χ0n) is 14.7. The van der Waals surface area contributed by atoms with Gasteiger partial charge in [-0.05, 0) is 42.9 Å². The van der Waals surface area contributed by atoms with Crippen molar-refractivity contribution in [1.82, 2.24) is 4.90 Å². The molecule has 0 bridgehead atoms. The highest BCUT2D eigenvalue weighted by Gasteiger charge is 2.20. The second-order valence-electron chi connectivity index (χ2n) is 7.06. The van der Waals surface area contributed by atoms with E-state index >= 15 is 0 Å². The maximum absolute atomic E-state index is 12.3. The van der Waals surface area contributed by atoms with Crippen LogP contribution in [0, 0.1) is 5.92 Å². The molecule has 0 saturated carbocycles. The third-order valence-electron chi connectivity index (χ3n) is 5.21. The summed E-state index contributed by atoms with van der Waals surface area (Å²) in [5.74, 6) is 1.03. The molecule has 2 aliphatic heterocycles. The van der Waals surface area contributed by atoms with Gasteiger partial charge in [0.05, 0.1) is 24.6 Å². The van der Waals surface area contributed by atoms with Gasteiger partial charge in [-0.2, -0.15) is 0 Å². The minimum Gasteiger partial charge on any atom is -0.397 e. The number of hydrogen-bond acceptors (Lipinski definition) is 4. The first kappa shape index (κ1) is 17.1. The quantitative estimate of drug-likeness (QED) is 0.860. The third-order valence-corrected chi connectivity index (χ3v) is 5.21. The Labute approximate surface area is 144 Å². The molecule has 2 N–H and O–H groups in total. The van der Waals surface area contributed by atoms with Gasteiger partial charge in [-0.15, -0.1) is 0 Å². The second-order valence-corrected chi connectivity index (χ2v) is 7.06. The molecular weight excluding hydrogens is 302 g/mol. The van der Waals surface area contributed by atoms with Crippen molar-refractivity contribution >= 4 is 17.3 Å². The molecule has 24 heavy (non-hydrogen) atoms. The summed E-state index contributed by atoms with van der Waals surface area (Å²) < 4.78 is 5.39. The molecule has 2 fully saturated rings. The number of carbonyl (C=O) groups is 1. The molecular formula is C19H29N3O2. The predicted octanol–water partition coefficient (Wildman–Crippen LogP) is 2.30. The fourth-order valence-corrected chi connectivity index (χ4v) is 3.52. The molecule has 3 rings (SSSR count). The average Bonchev–Trinajstić information content (AvgIpc) is 2.61. The standard InChI is InChI=1S/C19H29N3O2/c1-15-6-8-22(9-7-15)19(23)5-3-16-2-4-18(17(20)14-16)21-10-12-24-13-11-21/h2,4,14-15H,3,5-13,20H2,1H3. The number of morpholine rings is 1. The van der Waals surface area contributed by atoms with E-state index in [0.717, 1.165) is 81.5 Å². The van der Waals surface area contributed by atoms with Gasteiger partial charge in [0, 0.05) is 32.6 Å². The van der Waals surface area contributed by atoms with Crippen molar-refractivity contribution in [2.24, 2.45) is 5.92 Å². The van der Waals surface area contributed by atoms with Crippen molar-refractivity contribution in [3.8, 4) is 0 Å². The Morgan fingerprint density at radius 1 is 1.21 bits per heavy atom. The van der Waals surface area contributed by atoms with Crippen LogP contribution in [-0.4, -0.2) is 50.2 Å². The van der Waals surface area contributed by atoms with Crippen LogP contribution in [0.15, 0.2) is 18.2 Å². The van der Waals surface area contributed by atoms with Gasteiger partial charge in [-0.3, -0.25) is 4.79 Å². The first-order valence-electron chi connectivity index (χ1n) is 9.12. The maximum atomic E-state index is 12.3. The van der Waals surface area contributed by atoms with Crippen LogP contribution >= 0.6 is 0 Å². The van der Waals surface area contributed by atoms with Crippen molar-refractivity contribution in [3.63, 3.8) is 0 Å². The van der Waals surface area contributed by atoms with Gasteiger partial charge in [0.2, 0.25) is 5.91 Å². The monoisotopic (exact) mass is 331 g/mol. The summed E-state index contributed by atoms with van der Waals surface area (Å²) in [5, 5.41) is 0. The Hall–Kier alpha value is -1.75. The highest BCUT2D eigenvalue weighted by molar-refractivity contribution is 5.77. The van der Waals surface area contributed by atoms with Crippen LogP contribution in [0.2, 0.25) is 0 Å². The van der Waals surface area contributed by atoms with Crippen LogP contribution in [0.5, 0.6) is 0 Å². The molecule has 0 spiro atoms. The van der Waals surface area contributed by atoms with E-state index in [1.54, 1.807) is 0 Å². The Morgan fingerprint density at radius 3 is 2.58 bits per heavy atom. The predicted molar refractivity (Wildman–Crippen MR) is 97.2 cm³/mol. The summed E-state index contributed by atoms with van der Waals surface area (Å²) in [5.41, 5.74) is 9.26. The lowest BCUT2D eigenvalue weighted by molar-refractivity contribution is -0.132. The van der Waals surface area contributed by atoms with E-state index in [9.17, 15) is 4.79 Å². The number of hydrogen-bond donors (Lipinski definition) is 1. The molecule has 1 aromatic rings. The SMILES string of the molecule is CC1CCN(C(=O)CCc2ccc(N3CCOCC3)c(N)c2)CC1. The normalized spacial score (nSPS) is 19.5. The molecule has 0 aromatic heterocycles. The average molecular weight is 331 g/mol. The number of ether oxygens (including phenoxy) is 1. The van der Waals surface area contributed by atoms with Gasteiger partial charge in [-0.1, -0.05) is 13.0 Å². The van der Waals surface area contributed by atoms with Crippen molar-refractivity contribution in [2.45, 2.75) is 32.6 Å². The molecule has 2 saturated heterocycles. The number of likely N-dealkylation sites (tertiary alicyclic amines) is 1. The summed E-state index contributed by atoms with van der Waals surface area (Å²) in [6.45, 7) is 7.37. The Bertz CT molecular complexity index is 562. The molecule has 0 radical (unpaired) electrons. The van der Waals surface area contributed by atoms with Crippen molar-refractivity contribution in [3.05, 3.63) is 23.8 Å². The topological polar surface area (TPSA) is 58.8 Å². The lowest BCUT2D eigenvalue weighted by atomic mass is 9.98. The van der Waals surface area contributed by atoms with Gasteiger partial charge in [0.25, 0.3) is 0 Å². The van der Waals surface area contributed by atoms with Crippen LogP contribution in [0.4, 0.5) is 11.4 Å². The maximum Gasteiger partial charge on any atom is 0.222 e. The molecule has 0 unspecified atom stereocenters. The molecule has 0 aliphatic carbocycles. The summed E-state index contributed by atoms with van der Waals surface area (Å²) in [6.07, 6.45) is 3.60. The number of aryl methyl sites for hydroxylation is 1. The number of nitrogens with zero attached hydrogens (tertiary/aromatic N) is 2. The van der Waals surface area contributed by atoms with E-state index < -0.39 is 0 Å². The van der Waals surface area contributed by atoms with E-state index in [1.807, 2.05) is 11.0 Å². The molecule has 5 nitrogen and oxygen atoms in total. The number of carbonyl (C=O) groups excluding carboxylic acids is 1. The lowest BCUT2D eigenvalue weighted by Crippen LogP contribution is -2.38. The zero-order chi connectivity index (χ0) is 16.9. The Kier molecular flexibility index (Phi) is 5.61. The zero-order valence-corrected chi connectivity index (χ0v) is 14.7. The highest BCUT2D eigenvalue weighted by Crippen LogP contribution is 2.26. The van der Waals surface area contributed by atoms with Crippen molar-refractivity contribution in [1.29, 1.82) is 0 Å². The summed E-state index contributed by atoms with van der Waals surface area (Å²) in [7, 11) is 0. The fraction of sp³-hybridized carbons (Fsp3) is 0.632. The molecule has 2 heterocycles. The van der Waals surface area contributed by atoms with E-state index in [2.05, 4.69) is 24.0 Å². The number of piperidine rings is 1. The van der Waals surface area contributed by atoms with Crippen molar-refractivity contribution in [2.75, 3.05) is 50.0 Å². The van der Waals surface area contributed by atoms with Gasteiger partial charge in [-0.25, -0.2) is 0 Å². The molecule has 5 heteroatoms. The first-order chi connectivity index (χ1) is 11.6. The number of anilines is 2. The first-order valence-corrected chi connectivity index (χ1v) is 9.12. The highest BCUT2D eigenvalue weighted by atomic mass is 16.5. The van der Waals surface area contributed by atoms with Crippen LogP contribution in [-0.2, 0) is 16.0 Å². The van der Waals surface area contributed by atoms with E-state index in [4.69, 9.17) is 10.5 Å². The Morgan fingerprint density at radius 2 is 1.92 bits per heavy atom. The fourth-order valence-electron chi connectivity index (χ4n) is 3.52. The lowest BCUT2D eigenvalue weighted by Gasteiger charge is -2.30. The third kappa shape index (κ3) is 4.20. The van der Waals surface area contributed by atoms with Crippen LogP contribution in [0.25, 0.3) is 0 Å². The number of nitrogen functional groups attached to an aromatic ring is 1. The van der Waals surface area contributed by atoms with Crippen molar-refractivity contribution < 1.29 is 9.53 Å². The van der Waals surface area contributed by atoms with Crippen LogP contribution < -0.4 is 10.6 Å². The van der Waals surface area contributed by atoms with Gasteiger partial charge in [0.15, 0.2) is 0 Å². The molecule has 2 aliphatic rings. The largest absolute Gasteiger partial charge is 0.397 e. The number of nitrogens with two attached hydrogens (primary N) is 1. The summed E-state index contributed by atoms with van der Waals surface area (Å²) in [6, 6.07) is 6.21. The number of amides is 1. The van der Waals surface area contributed by atoms with Gasteiger partial charge < -0.3 is 20.3 Å². The van der Waals surface area contributed by atoms with E-state index in [1.165, 1.54) is 0 Å². The molecule has 0 atom stereocenters. The summed E-state index contributed by atoms with van der Waals surface area (Å²) in [4.78, 5) is 16.6. The number of benzene rings is 1. The minimum absolute atomic E-state index is 0.276. The van der Waals surface area contributed by atoms with E-state index in [-0.39, 0.29) is 5.91 Å². The smallest absolute Gasteiger partial charge is 0.222 e. The molecule has 1 amide bonds. The van der Waals surface area contributed by atoms with Gasteiger partial charge >= 0.3 is 0 Å². The number of rotatable bonds is 4.